The van der Waals surface area contributed by atoms with Crippen LogP contribution in [0.15, 0.2) is 35.3 Å². The third kappa shape index (κ3) is 5.76. The maximum atomic E-state index is 6.06. The smallest absolute Gasteiger partial charge is 0.191 e. The Bertz CT molecular complexity index is 483. The van der Waals surface area contributed by atoms with E-state index in [4.69, 9.17) is 5.73 Å². The lowest BCUT2D eigenvalue weighted by Crippen LogP contribution is -2.45. The van der Waals surface area contributed by atoms with Crippen LogP contribution in [0.25, 0.3) is 0 Å². The molecule has 0 aliphatic heterocycles. The highest BCUT2D eigenvalue weighted by Gasteiger charge is 2.28. The van der Waals surface area contributed by atoms with Gasteiger partial charge in [-0.2, -0.15) is 0 Å². The normalized spacial score (nSPS) is 16.8. The number of nitrogens with one attached hydrogen (secondary N) is 1. The predicted octanol–water partition coefficient (Wildman–Crippen LogP) is 3.14. The Morgan fingerprint density at radius 3 is 2.50 bits per heavy atom. The second-order valence-corrected chi connectivity index (χ2v) is 6.68. The highest BCUT2D eigenvalue weighted by Crippen LogP contribution is 2.25. The molecule has 22 heavy (non-hydrogen) atoms. The van der Waals surface area contributed by atoms with Crippen LogP contribution in [0.3, 0.4) is 0 Å². The van der Waals surface area contributed by atoms with Crippen LogP contribution in [0.4, 0.5) is 0 Å². The maximum Gasteiger partial charge on any atom is 0.191 e. The number of benzene rings is 1. The van der Waals surface area contributed by atoms with Crippen molar-refractivity contribution in [2.45, 2.75) is 51.2 Å². The van der Waals surface area contributed by atoms with Gasteiger partial charge < -0.3 is 16.0 Å². The quantitative estimate of drug-likeness (QED) is 0.426. The summed E-state index contributed by atoms with van der Waals surface area (Å²) >= 11 is 0. The van der Waals surface area contributed by atoms with Crippen LogP contribution in [0, 0.1) is 0 Å². The third-order valence-electron chi connectivity index (χ3n) is 4.00. The van der Waals surface area contributed by atoms with E-state index in [1.54, 1.807) is 0 Å². The van der Waals surface area contributed by atoms with Gasteiger partial charge in [-0.1, -0.05) is 30.3 Å². The summed E-state index contributed by atoms with van der Waals surface area (Å²) in [6, 6.07) is 11.4. The van der Waals surface area contributed by atoms with Gasteiger partial charge in [-0.05, 0) is 39.2 Å². The number of hydrogen-bond acceptors (Lipinski definition) is 2. The van der Waals surface area contributed by atoms with Gasteiger partial charge in [0.25, 0.3) is 0 Å². The van der Waals surface area contributed by atoms with Crippen LogP contribution in [-0.2, 0) is 0 Å². The third-order valence-corrected chi connectivity index (χ3v) is 4.00. The van der Waals surface area contributed by atoms with Crippen molar-refractivity contribution in [3.63, 3.8) is 0 Å². The molecule has 1 aliphatic rings. The Labute approximate surface area is 151 Å². The van der Waals surface area contributed by atoms with E-state index < -0.39 is 0 Å². The fraction of sp³-hybridized carbons (Fsp3) is 0.588. The number of halogens is 1. The van der Waals surface area contributed by atoms with Crippen LogP contribution in [0.2, 0.25) is 0 Å². The molecule has 0 amide bonds. The fourth-order valence-electron chi connectivity index (χ4n) is 2.50. The van der Waals surface area contributed by atoms with Gasteiger partial charge in [-0.15, -0.1) is 24.0 Å². The number of nitrogens with two attached hydrogens (primary N) is 1. The molecule has 1 aromatic rings. The minimum absolute atomic E-state index is 0. The van der Waals surface area contributed by atoms with E-state index in [2.05, 4.69) is 60.2 Å². The molecule has 1 saturated carbocycles. The van der Waals surface area contributed by atoms with E-state index in [0.29, 0.717) is 24.6 Å². The molecule has 4 nitrogen and oxygen atoms in total. The maximum absolute atomic E-state index is 6.06. The molecule has 3 N–H and O–H groups in total. The number of guanidine groups is 1. The molecule has 1 aliphatic carbocycles. The zero-order chi connectivity index (χ0) is 15.5. The molecule has 1 unspecified atom stereocenters. The Kier molecular flexibility index (Phi) is 7.12. The predicted molar refractivity (Wildman–Crippen MR) is 105 cm³/mol. The van der Waals surface area contributed by atoms with Gasteiger partial charge in [0.05, 0.1) is 6.54 Å². The number of rotatable bonds is 6. The average molecular weight is 416 g/mol. The van der Waals surface area contributed by atoms with Gasteiger partial charge in [0.1, 0.15) is 0 Å². The highest BCUT2D eigenvalue weighted by molar-refractivity contribution is 14.0. The first-order valence-electron chi connectivity index (χ1n) is 7.74. The van der Waals surface area contributed by atoms with Gasteiger partial charge in [0.15, 0.2) is 5.96 Å². The van der Waals surface area contributed by atoms with Crippen molar-refractivity contribution in [3.05, 3.63) is 35.9 Å². The van der Waals surface area contributed by atoms with Crippen molar-refractivity contribution in [1.82, 2.24) is 10.2 Å². The second-order valence-electron chi connectivity index (χ2n) is 6.68. The van der Waals surface area contributed by atoms with Crippen molar-refractivity contribution in [3.8, 4) is 0 Å². The highest BCUT2D eigenvalue weighted by atomic mass is 127. The molecule has 124 valence electrons. The summed E-state index contributed by atoms with van der Waals surface area (Å²) in [4.78, 5) is 6.66. The van der Waals surface area contributed by atoms with Crippen LogP contribution in [-0.4, -0.2) is 36.0 Å². The summed E-state index contributed by atoms with van der Waals surface area (Å²) in [5, 5.41) is 3.63. The summed E-state index contributed by atoms with van der Waals surface area (Å²) in [5.74, 6) is 0.653. The molecule has 0 bridgehead atoms. The summed E-state index contributed by atoms with van der Waals surface area (Å²) < 4.78 is 0. The SMILES string of the molecule is CC(NC(C)(C)CN=C(N)N(C)C1CC1)c1ccccc1.I. The average Bonchev–Trinajstić information content (AvgIpc) is 3.29. The van der Waals surface area contributed by atoms with Crippen molar-refractivity contribution >= 4 is 29.9 Å². The summed E-state index contributed by atoms with van der Waals surface area (Å²) in [7, 11) is 2.03. The van der Waals surface area contributed by atoms with Crippen LogP contribution < -0.4 is 11.1 Å². The largest absolute Gasteiger partial charge is 0.370 e. The van der Waals surface area contributed by atoms with E-state index in [0.717, 1.165) is 0 Å². The van der Waals surface area contributed by atoms with Gasteiger partial charge >= 0.3 is 0 Å². The molecule has 0 spiro atoms. The van der Waals surface area contributed by atoms with Crippen molar-refractivity contribution in [2.24, 2.45) is 10.7 Å². The van der Waals surface area contributed by atoms with E-state index in [1.165, 1.54) is 18.4 Å². The van der Waals surface area contributed by atoms with E-state index in [9.17, 15) is 0 Å². The first-order valence-corrected chi connectivity index (χ1v) is 7.74. The van der Waals surface area contributed by atoms with Gasteiger partial charge in [-0.3, -0.25) is 4.99 Å². The molecule has 1 fully saturated rings. The molecule has 0 heterocycles. The number of nitrogens with zero attached hydrogens (tertiary/aromatic N) is 2. The Morgan fingerprint density at radius 2 is 1.95 bits per heavy atom. The lowest BCUT2D eigenvalue weighted by atomic mass is 10.0. The molecule has 0 saturated heterocycles. The Balaban J connectivity index is 0.00000242. The Morgan fingerprint density at radius 1 is 1.36 bits per heavy atom. The molecule has 1 atom stereocenters. The molecule has 0 aromatic heterocycles. The van der Waals surface area contributed by atoms with Gasteiger partial charge in [-0.25, -0.2) is 0 Å². The topological polar surface area (TPSA) is 53.6 Å². The minimum Gasteiger partial charge on any atom is -0.370 e. The summed E-state index contributed by atoms with van der Waals surface area (Å²) in [5.41, 5.74) is 7.25. The zero-order valence-corrected chi connectivity index (χ0v) is 16.4. The van der Waals surface area contributed by atoms with Gasteiger partial charge in [0.2, 0.25) is 0 Å². The molecular formula is C17H29IN4. The molecule has 0 radical (unpaired) electrons. The van der Waals surface area contributed by atoms with Crippen LogP contribution in [0.5, 0.6) is 0 Å². The number of aliphatic imine (C=N–C) groups is 1. The zero-order valence-electron chi connectivity index (χ0n) is 14.0. The first kappa shape index (κ1) is 19.2. The Hall–Kier alpha value is -0.820. The van der Waals surface area contributed by atoms with Gasteiger partial charge in [0, 0.05) is 24.7 Å². The molecular weight excluding hydrogens is 387 g/mol. The van der Waals surface area contributed by atoms with Crippen molar-refractivity contribution < 1.29 is 0 Å². The molecule has 2 rings (SSSR count). The van der Waals surface area contributed by atoms with Crippen molar-refractivity contribution in [2.75, 3.05) is 13.6 Å². The summed E-state index contributed by atoms with van der Waals surface area (Å²) in [6.07, 6.45) is 2.47. The molecule has 5 heteroatoms. The monoisotopic (exact) mass is 416 g/mol. The first-order chi connectivity index (χ1) is 9.89. The van der Waals surface area contributed by atoms with E-state index >= 15 is 0 Å². The second kappa shape index (κ2) is 8.15. The van der Waals surface area contributed by atoms with E-state index in [-0.39, 0.29) is 29.5 Å². The fourth-order valence-corrected chi connectivity index (χ4v) is 2.50. The standard InChI is InChI=1S/C17H28N4.HI/c1-13(14-8-6-5-7-9-14)20-17(2,3)12-19-16(18)21(4)15-10-11-15;/h5-9,13,15,20H,10-12H2,1-4H3,(H2,18,19);1H. The van der Waals surface area contributed by atoms with Crippen molar-refractivity contribution in [1.29, 1.82) is 0 Å². The summed E-state index contributed by atoms with van der Waals surface area (Å²) in [6.45, 7) is 7.19. The van der Waals surface area contributed by atoms with Crippen LogP contribution in [0.1, 0.15) is 45.2 Å². The van der Waals surface area contributed by atoms with Crippen LogP contribution >= 0.6 is 24.0 Å². The lowest BCUT2D eigenvalue weighted by molar-refractivity contribution is 0.354. The van der Waals surface area contributed by atoms with E-state index in [1.807, 2.05) is 13.1 Å². The number of hydrogen-bond donors (Lipinski definition) is 2. The molecule has 1 aromatic carbocycles. The minimum atomic E-state index is -0.0930. The lowest BCUT2D eigenvalue weighted by Gasteiger charge is -2.29.